The van der Waals surface area contributed by atoms with E-state index < -0.39 is 0 Å². The highest BCUT2D eigenvalue weighted by molar-refractivity contribution is 14.0. The number of rotatable bonds is 3. The van der Waals surface area contributed by atoms with Gasteiger partial charge in [0, 0.05) is 18.5 Å². The molecule has 118 valence electrons. The molecule has 0 aliphatic carbocycles. The fraction of sp³-hybridized carbons (Fsp3) is 0.533. The number of nitrogens with two attached hydrogens (primary N) is 1. The van der Waals surface area contributed by atoms with E-state index in [1.54, 1.807) is 12.1 Å². The van der Waals surface area contributed by atoms with Gasteiger partial charge in [-0.05, 0) is 17.7 Å². The second kappa shape index (κ2) is 7.93. The van der Waals surface area contributed by atoms with E-state index in [2.05, 4.69) is 4.99 Å². The first-order valence-corrected chi connectivity index (χ1v) is 6.88. The smallest absolute Gasteiger partial charge is 0.191 e. The van der Waals surface area contributed by atoms with Gasteiger partial charge in [0.2, 0.25) is 0 Å². The van der Waals surface area contributed by atoms with Crippen molar-refractivity contribution in [2.45, 2.75) is 19.3 Å². The number of halogens is 2. The number of benzene rings is 1. The van der Waals surface area contributed by atoms with Crippen molar-refractivity contribution < 1.29 is 9.13 Å². The topological polar surface area (TPSA) is 50.8 Å². The Hall–Kier alpha value is -0.890. The summed E-state index contributed by atoms with van der Waals surface area (Å²) in [5.74, 6) is 0.318. The van der Waals surface area contributed by atoms with Crippen molar-refractivity contribution >= 4 is 29.9 Å². The summed E-state index contributed by atoms with van der Waals surface area (Å²) in [5.41, 5.74) is 6.69. The minimum absolute atomic E-state index is 0. The van der Waals surface area contributed by atoms with Crippen molar-refractivity contribution in [1.29, 1.82) is 0 Å². The van der Waals surface area contributed by atoms with Crippen LogP contribution in [0.25, 0.3) is 0 Å². The summed E-state index contributed by atoms with van der Waals surface area (Å²) < 4.78 is 18.6. The summed E-state index contributed by atoms with van der Waals surface area (Å²) in [6, 6.07) is 6.65. The molecule has 1 aromatic carbocycles. The van der Waals surface area contributed by atoms with Gasteiger partial charge in [-0.2, -0.15) is 0 Å². The Bertz CT molecular complexity index is 488. The number of hydrogen-bond acceptors (Lipinski definition) is 2. The molecule has 0 unspecified atom stereocenters. The van der Waals surface area contributed by atoms with E-state index in [1.807, 2.05) is 24.8 Å². The summed E-state index contributed by atoms with van der Waals surface area (Å²) in [4.78, 5) is 6.49. The molecule has 1 heterocycles. The Morgan fingerprint density at radius 2 is 2.05 bits per heavy atom. The van der Waals surface area contributed by atoms with E-state index in [4.69, 9.17) is 10.5 Å². The molecule has 0 saturated carbocycles. The maximum atomic E-state index is 13.3. The van der Waals surface area contributed by atoms with Crippen LogP contribution < -0.4 is 5.73 Å². The van der Waals surface area contributed by atoms with Crippen molar-refractivity contribution in [1.82, 2.24) is 4.90 Å². The number of hydrogen-bond donors (Lipinski definition) is 1. The van der Waals surface area contributed by atoms with Crippen molar-refractivity contribution in [3.05, 3.63) is 35.6 Å². The fourth-order valence-corrected chi connectivity index (χ4v) is 2.17. The van der Waals surface area contributed by atoms with Crippen LogP contribution in [0.15, 0.2) is 29.3 Å². The number of morpholine rings is 1. The Labute approximate surface area is 142 Å². The van der Waals surface area contributed by atoms with Crippen molar-refractivity contribution in [2.24, 2.45) is 10.7 Å². The first-order valence-electron chi connectivity index (χ1n) is 6.88. The van der Waals surface area contributed by atoms with Crippen LogP contribution >= 0.6 is 24.0 Å². The summed E-state index contributed by atoms with van der Waals surface area (Å²) >= 11 is 0. The number of nitrogens with zero attached hydrogens (tertiary/aromatic N) is 2. The molecule has 0 bridgehead atoms. The summed E-state index contributed by atoms with van der Waals surface area (Å²) in [5, 5.41) is 0. The molecule has 4 nitrogen and oxygen atoms in total. The lowest BCUT2D eigenvalue weighted by molar-refractivity contribution is 0.0674. The zero-order valence-corrected chi connectivity index (χ0v) is 14.8. The van der Waals surface area contributed by atoms with E-state index in [0.717, 1.165) is 18.7 Å². The second-order valence-electron chi connectivity index (χ2n) is 5.67. The van der Waals surface area contributed by atoms with Gasteiger partial charge in [0.15, 0.2) is 5.96 Å². The van der Waals surface area contributed by atoms with E-state index in [-0.39, 0.29) is 35.2 Å². The van der Waals surface area contributed by atoms with Gasteiger partial charge in [-0.1, -0.05) is 26.0 Å². The van der Waals surface area contributed by atoms with Gasteiger partial charge in [0.05, 0.1) is 19.8 Å². The highest BCUT2D eigenvalue weighted by Crippen LogP contribution is 2.24. The Morgan fingerprint density at radius 1 is 1.38 bits per heavy atom. The average Bonchev–Trinajstić information content (AvgIpc) is 2.46. The molecule has 2 N–H and O–H groups in total. The van der Waals surface area contributed by atoms with Crippen LogP contribution in [-0.2, 0) is 10.2 Å². The van der Waals surface area contributed by atoms with Gasteiger partial charge in [0.25, 0.3) is 0 Å². The van der Waals surface area contributed by atoms with Gasteiger partial charge in [-0.15, -0.1) is 24.0 Å². The van der Waals surface area contributed by atoms with Crippen LogP contribution in [0.1, 0.15) is 19.4 Å². The second-order valence-corrected chi connectivity index (χ2v) is 5.67. The first-order chi connectivity index (χ1) is 9.49. The third-order valence-electron chi connectivity index (χ3n) is 3.58. The van der Waals surface area contributed by atoms with Gasteiger partial charge in [-0.3, -0.25) is 4.99 Å². The SMILES string of the molecule is CC(C)(CN=C(N)N1CCOCC1)c1cccc(F)c1.I. The average molecular weight is 407 g/mol. The minimum Gasteiger partial charge on any atom is -0.378 e. The molecule has 1 saturated heterocycles. The Kier molecular flexibility index (Phi) is 6.86. The van der Waals surface area contributed by atoms with Crippen LogP contribution in [0.4, 0.5) is 4.39 Å². The third kappa shape index (κ3) is 5.10. The normalized spacial score (nSPS) is 16.5. The molecule has 0 aromatic heterocycles. The van der Waals surface area contributed by atoms with Crippen LogP contribution in [0, 0.1) is 5.82 Å². The lowest BCUT2D eigenvalue weighted by Gasteiger charge is -2.29. The van der Waals surface area contributed by atoms with Gasteiger partial charge in [0.1, 0.15) is 5.82 Å². The molecule has 1 fully saturated rings. The monoisotopic (exact) mass is 407 g/mol. The first kappa shape index (κ1) is 18.2. The van der Waals surface area contributed by atoms with Crippen molar-refractivity contribution in [3.8, 4) is 0 Å². The third-order valence-corrected chi connectivity index (χ3v) is 3.58. The molecule has 0 atom stereocenters. The molecule has 2 rings (SSSR count). The van der Waals surface area contributed by atoms with Crippen molar-refractivity contribution in [3.63, 3.8) is 0 Å². The molecular weight excluding hydrogens is 384 g/mol. The standard InChI is InChI=1S/C15H22FN3O.HI/c1-15(2,12-4-3-5-13(16)10-12)11-18-14(17)19-6-8-20-9-7-19;/h3-5,10H,6-9,11H2,1-2H3,(H2,17,18);1H. The number of guanidine groups is 1. The fourth-order valence-electron chi connectivity index (χ4n) is 2.17. The van der Waals surface area contributed by atoms with Crippen LogP contribution in [0.3, 0.4) is 0 Å². The Balaban J connectivity index is 0.00000220. The minimum atomic E-state index is -0.251. The van der Waals surface area contributed by atoms with Crippen LogP contribution in [0.5, 0.6) is 0 Å². The highest BCUT2D eigenvalue weighted by atomic mass is 127. The van der Waals surface area contributed by atoms with E-state index >= 15 is 0 Å². The zero-order valence-electron chi connectivity index (χ0n) is 12.5. The van der Waals surface area contributed by atoms with E-state index in [9.17, 15) is 4.39 Å². The molecule has 6 heteroatoms. The molecule has 1 aliphatic rings. The predicted octanol–water partition coefficient (Wildman–Crippen LogP) is 2.37. The number of aliphatic imine (C=N–C) groups is 1. The van der Waals surface area contributed by atoms with Gasteiger partial charge in [-0.25, -0.2) is 4.39 Å². The van der Waals surface area contributed by atoms with Gasteiger partial charge < -0.3 is 15.4 Å². The molecule has 0 spiro atoms. The maximum Gasteiger partial charge on any atom is 0.191 e. The zero-order chi connectivity index (χ0) is 14.6. The van der Waals surface area contributed by atoms with Gasteiger partial charge >= 0.3 is 0 Å². The molecular formula is C15H23FIN3O. The van der Waals surface area contributed by atoms with E-state index in [1.165, 1.54) is 6.07 Å². The lowest BCUT2D eigenvalue weighted by atomic mass is 9.85. The summed E-state index contributed by atoms with van der Waals surface area (Å²) in [6.45, 7) is 7.52. The number of ether oxygens (including phenoxy) is 1. The van der Waals surface area contributed by atoms with Crippen LogP contribution in [-0.4, -0.2) is 43.7 Å². The Morgan fingerprint density at radius 3 is 2.67 bits per heavy atom. The highest BCUT2D eigenvalue weighted by Gasteiger charge is 2.21. The van der Waals surface area contributed by atoms with Crippen molar-refractivity contribution in [2.75, 3.05) is 32.8 Å². The molecule has 1 aromatic rings. The van der Waals surface area contributed by atoms with Crippen LogP contribution in [0.2, 0.25) is 0 Å². The summed E-state index contributed by atoms with van der Waals surface area (Å²) in [6.07, 6.45) is 0. The predicted molar refractivity (Wildman–Crippen MR) is 93.7 cm³/mol. The molecule has 1 aliphatic heterocycles. The molecule has 0 amide bonds. The molecule has 0 radical (unpaired) electrons. The summed E-state index contributed by atoms with van der Waals surface area (Å²) in [7, 11) is 0. The molecule has 21 heavy (non-hydrogen) atoms. The lowest BCUT2D eigenvalue weighted by Crippen LogP contribution is -2.45. The maximum absolute atomic E-state index is 13.3. The largest absolute Gasteiger partial charge is 0.378 e. The quantitative estimate of drug-likeness (QED) is 0.476. The van der Waals surface area contributed by atoms with E-state index in [0.29, 0.717) is 25.7 Å².